The van der Waals surface area contributed by atoms with Crippen LogP contribution >= 0.6 is 0 Å². The number of ketones is 1. The predicted octanol–water partition coefficient (Wildman–Crippen LogP) is -2.23. The van der Waals surface area contributed by atoms with E-state index >= 15 is 0 Å². The van der Waals surface area contributed by atoms with Crippen LogP contribution in [0.4, 0.5) is 0 Å². The fourth-order valence-electron chi connectivity index (χ4n) is 1.04. The number of pyridine rings is 1. The van der Waals surface area contributed by atoms with Crippen LogP contribution in [-0.2, 0) is 11.3 Å². The van der Waals surface area contributed by atoms with Crippen molar-refractivity contribution in [1.82, 2.24) is 0 Å². The lowest BCUT2D eigenvalue weighted by Crippen LogP contribution is -3.00. The third-order valence-electron chi connectivity index (χ3n) is 1.88. The molecule has 0 aromatic carbocycles. The molecular formula is C10H13BrN2O2. The molecular weight excluding hydrogens is 260 g/mol. The first kappa shape index (κ1) is 13.8. The number of nitrogens with zero attached hydrogens (tertiary/aromatic N) is 2. The Balaban J connectivity index is 0.00000196. The minimum atomic E-state index is 0. The largest absolute Gasteiger partial charge is 1.00 e. The standard InChI is InChI=1S/C10H12N2O2.BrH/c1-2-10(13)8-12-5-3-9(4-6-12)7-11-14;/h3-7H,2,8H2,1H3;1H. The summed E-state index contributed by atoms with van der Waals surface area (Å²) < 4.78 is 1.79. The van der Waals surface area contributed by atoms with Crippen LogP contribution in [0.25, 0.3) is 0 Å². The molecule has 0 saturated carbocycles. The van der Waals surface area contributed by atoms with E-state index in [9.17, 15) is 4.79 Å². The molecule has 0 bridgehead atoms. The summed E-state index contributed by atoms with van der Waals surface area (Å²) in [5, 5.41) is 11.2. The van der Waals surface area contributed by atoms with Crippen LogP contribution in [0.2, 0.25) is 0 Å². The molecule has 0 aliphatic carbocycles. The van der Waals surface area contributed by atoms with E-state index in [1.807, 2.05) is 6.92 Å². The van der Waals surface area contributed by atoms with Gasteiger partial charge in [-0.05, 0) is 0 Å². The quantitative estimate of drug-likeness (QED) is 0.292. The van der Waals surface area contributed by atoms with E-state index in [-0.39, 0.29) is 22.8 Å². The average Bonchev–Trinajstić information content (AvgIpc) is 2.21. The minimum absolute atomic E-state index is 0. The van der Waals surface area contributed by atoms with E-state index in [0.717, 1.165) is 5.56 Å². The minimum Gasteiger partial charge on any atom is -1.00 e. The van der Waals surface area contributed by atoms with Gasteiger partial charge in [-0.15, -0.1) is 0 Å². The van der Waals surface area contributed by atoms with Crippen molar-refractivity contribution in [2.75, 3.05) is 0 Å². The van der Waals surface area contributed by atoms with Gasteiger partial charge in [0.1, 0.15) is 0 Å². The van der Waals surface area contributed by atoms with Crippen molar-refractivity contribution >= 4 is 12.0 Å². The van der Waals surface area contributed by atoms with Crippen molar-refractivity contribution in [2.24, 2.45) is 5.16 Å². The Morgan fingerprint density at radius 3 is 2.60 bits per heavy atom. The van der Waals surface area contributed by atoms with Crippen LogP contribution in [0.15, 0.2) is 29.7 Å². The third kappa shape index (κ3) is 4.69. The zero-order chi connectivity index (χ0) is 10.4. The Bertz CT molecular complexity index is 336. The molecule has 0 unspecified atom stereocenters. The molecule has 1 N–H and O–H groups in total. The average molecular weight is 273 g/mol. The lowest BCUT2D eigenvalue weighted by Gasteiger charge is -1.94. The number of oxime groups is 1. The first-order valence-electron chi connectivity index (χ1n) is 4.44. The molecule has 0 aliphatic rings. The molecule has 5 heteroatoms. The second-order valence-corrected chi connectivity index (χ2v) is 2.94. The summed E-state index contributed by atoms with van der Waals surface area (Å²) in [6.07, 6.45) is 5.45. The summed E-state index contributed by atoms with van der Waals surface area (Å²) in [4.78, 5) is 11.1. The predicted molar refractivity (Wildman–Crippen MR) is 51.3 cm³/mol. The molecule has 4 nitrogen and oxygen atoms in total. The number of halogens is 1. The van der Waals surface area contributed by atoms with Crippen molar-refractivity contribution in [3.8, 4) is 0 Å². The highest BCUT2D eigenvalue weighted by molar-refractivity contribution is 5.78. The number of aromatic nitrogens is 1. The number of Topliss-reactive ketones (excluding diaryl/α,β-unsaturated/α-hetero) is 1. The first-order chi connectivity index (χ1) is 6.76. The van der Waals surface area contributed by atoms with E-state index in [4.69, 9.17) is 5.21 Å². The van der Waals surface area contributed by atoms with Gasteiger partial charge in [-0.1, -0.05) is 12.1 Å². The highest BCUT2D eigenvalue weighted by Gasteiger charge is 2.05. The molecule has 0 radical (unpaired) electrons. The number of hydrogen-bond donors (Lipinski definition) is 1. The molecule has 1 aromatic rings. The maximum Gasteiger partial charge on any atom is 0.206 e. The Kier molecular flexibility index (Phi) is 6.53. The van der Waals surface area contributed by atoms with Crippen LogP contribution in [0.3, 0.4) is 0 Å². The topological polar surface area (TPSA) is 53.5 Å². The van der Waals surface area contributed by atoms with Gasteiger partial charge in [0.2, 0.25) is 6.54 Å². The van der Waals surface area contributed by atoms with E-state index in [0.29, 0.717) is 13.0 Å². The zero-order valence-electron chi connectivity index (χ0n) is 8.43. The first-order valence-corrected chi connectivity index (χ1v) is 4.44. The molecule has 15 heavy (non-hydrogen) atoms. The van der Waals surface area contributed by atoms with Gasteiger partial charge in [-0.25, -0.2) is 0 Å². The van der Waals surface area contributed by atoms with Gasteiger partial charge in [-0.3, -0.25) is 4.79 Å². The Morgan fingerprint density at radius 2 is 2.13 bits per heavy atom. The van der Waals surface area contributed by atoms with Crippen molar-refractivity contribution in [3.05, 3.63) is 30.1 Å². The molecule has 82 valence electrons. The fourth-order valence-corrected chi connectivity index (χ4v) is 1.04. The molecule has 0 spiro atoms. The Labute approximate surface area is 99.0 Å². The maximum absolute atomic E-state index is 11.1. The smallest absolute Gasteiger partial charge is 0.206 e. The number of carbonyl (C=O) groups excluding carboxylic acids is 1. The number of carbonyl (C=O) groups is 1. The SMILES string of the molecule is CCC(=O)C[n+]1ccc(C=NO)cc1.[Br-]. The zero-order valence-corrected chi connectivity index (χ0v) is 10.0. The second-order valence-electron chi connectivity index (χ2n) is 2.94. The van der Waals surface area contributed by atoms with Crippen LogP contribution in [0.5, 0.6) is 0 Å². The van der Waals surface area contributed by atoms with Crippen molar-refractivity contribution in [2.45, 2.75) is 19.9 Å². The molecule has 0 aliphatic heterocycles. The lowest BCUT2D eigenvalue weighted by atomic mass is 10.2. The van der Waals surface area contributed by atoms with E-state index < -0.39 is 0 Å². The van der Waals surface area contributed by atoms with Gasteiger partial charge in [0.15, 0.2) is 18.2 Å². The third-order valence-corrected chi connectivity index (χ3v) is 1.88. The van der Waals surface area contributed by atoms with Crippen LogP contribution in [-0.4, -0.2) is 17.2 Å². The highest BCUT2D eigenvalue weighted by atomic mass is 79.9. The lowest BCUT2D eigenvalue weighted by molar-refractivity contribution is -0.684. The van der Waals surface area contributed by atoms with Gasteiger partial charge in [-0.2, -0.15) is 4.57 Å². The van der Waals surface area contributed by atoms with Gasteiger partial charge in [0.05, 0.1) is 6.21 Å². The highest BCUT2D eigenvalue weighted by Crippen LogP contribution is 1.90. The molecule has 0 saturated heterocycles. The van der Waals surface area contributed by atoms with Gasteiger partial charge in [0, 0.05) is 24.1 Å². The van der Waals surface area contributed by atoms with E-state index in [1.54, 1.807) is 29.1 Å². The summed E-state index contributed by atoms with van der Waals surface area (Å²) in [6, 6.07) is 3.56. The van der Waals surface area contributed by atoms with Gasteiger partial charge >= 0.3 is 0 Å². The normalized spacial score (nSPS) is 9.93. The maximum atomic E-state index is 11.1. The van der Waals surface area contributed by atoms with Crippen molar-refractivity contribution in [3.63, 3.8) is 0 Å². The van der Waals surface area contributed by atoms with Crippen molar-refractivity contribution in [1.29, 1.82) is 0 Å². The molecule has 1 heterocycles. The Hall–Kier alpha value is -1.23. The molecule has 0 fully saturated rings. The van der Waals surface area contributed by atoms with Crippen molar-refractivity contribution < 1.29 is 31.6 Å². The molecule has 1 aromatic heterocycles. The van der Waals surface area contributed by atoms with Crippen LogP contribution < -0.4 is 21.5 Å². The van der Waals surface area contributed by atoms with E-state index in [1.165, 1.54) is 6.21 Å². The summed E-state index contributed by atoms with van der Waals surface area (Å²) in [6.45, 7) is 2.24. The fraction of sp³-hybridized carbons (Fsp3) is 0.300. The summed E-state index contributed by atoms with van der Waals surface area (Å²) in [5.74, 6) is 0.193. The molecule has 1 rings (SSSR count). The summed E-state index contributed by atoms with van der Waals surface area (Å²) in [5.41, 5.74) is 0.799. The Morgan fingerprint density at radius 1 is 1.53 bits per heavy atom. The van der Waals surface area contributed by atoms with Crippen LogP contribution in [0, 0.1) is 0 Å². The number of rotatable bonds is 4. The number of hydrogen-bond acceptors (Lipinski definition) is 3. The summed E-state index contributed by atoms with van der Waals surface area (Å²) >= 11 is 0. The van der Waals surface area contributed by atoms with Crippen LogP contribution in [0.1, 0.15) is 18.9 Å². The monoisotopic (exact) mass is 272 g/mol. The van der Waals surface area contributed by atoms with E-state index in [2.05, 4.69) is 5.16 Å². The summed E-state index contributed by atoms with van der Waals surface area (Å²) in [7, 11) is 0. The molecule has 0 atom stereocenters. The van der Waals surface area contributed by atoms with Gasteiger partial charge < -0.3 is 22.2 Å². The molecule has 0 amide bonds. The second kappa shape index (κ2) is 7.11. The van der Waals surface area contributed by atoms with Gasteiger partial charge in [0.25, 0.3) is 0 Å².